The van der Waals surface area contributed by atoms with E-state index in [2.05, 4.69) is 47.8 Å². The average molecular weight is 265 g/mol. The highest BCUT2D eigenvalue weighted by molar-refractivity contribution is 5.37. The molecule has 1 aliphatic carbocycles. The van der Waals surface area contributed by atoms with Crippen LogP contribution in [0.3, 0.4) is 0 Å². The molecule has 2 atom stereocenters. The fourth-order valence-corrected chi connectivity index (χ4v) is 3.41. The van der Waals surface area contributed by atoms with Gasteiger partial charge < -0.3 is 10.1 Å². The van der Waals surface area contributed by atoms with Crippen molar-refractivity contribution in [3.8, 4) is 5.75 Å². The van der Waals surface area contributed by atoms with Crippen LogP contribution < -0.4 is 10.1 Å². The highest BCUT2D eigenvalue weighted by Gasteiger charge is 2.26. The number of hydrogen-bond acceptors (Lipinski definition) is 2. The van der Waals surface area contributed by atoms with E-state index in [-0.39, 0.29) is 6.10 Å². The molecule has 0 bridgehead atoms. The first-order valence-electron chi connectivity index (χ1n) is 7.46. The summed E-state index contributed by atoms with van der Waals surface area (Å²) in [6.07, 6.45) is 3.70. The lowest BCUT2D eigenvalue weighted by Gasteiger charge is -2.17. The maximum atomic E-state index is 5.99. The molecule has 4 rings (SSSR count). The third kappa shape index (κ3) is 2.10. The second-order valence-electron chi connectivity index (χ2n) is 5.75. The van der Waals surface area contributed by atoms with Gasteiger partial charge in [0.2, 0.25) is 0 Å². The average Bonchev–Trinajstić information content (AvgIpc) is 3.08. The molecule has 1 aliphatic heterocycles. The van der Waals surface area contributed by atoms with Crippen LogP contribution in [0.2, 0.25) is 0 Å². The van der Waals surface area contributed by atoms with Gasteiger partial charge in [-0.05, 0) is 35.6 Å². The lowest BCUT2D eigenvalue weighted by atomic mass is 10.1. The molecule has 102 valence electrons. The zero-order valence-corrected chi connectivity index (χ0v) is 11.5. The minimum absolute atomic E-state index is 0.278. The molecule has 0 amide bonds. The van der Waals surface area contributed by atoms with Gasteiger partial charge in [-0.1, -0.05) is 42.5 Å². The van der Waals surface area contributed by atoms with Crippen molar-refractivity contribution < 1.29 is 4.74 Å². The molecule has 1 N–H and O–H groups in total. The molecule has 0 saturated heterocycles. The summed E-state index contributed by atoms with van der Waals surface area (Å²) in [7, 11) is 0. The minimum Gasteiger partial charge on any atom is -0.488 e. The van der Waals surface area contributed by atoms with E-state index in [1.807, 2.05) is 6.07 Å². The van der Waals surface area contributed by atoms with Crippen LogP contribution in [0, 0.1) is 0 Å². The molecular weight excluding hydrogens is 246 g/mol. The zero-order chi connectivity index (χ0) is 13.4. The predicted molar refractivity (Wildman–Crippen MR) is 80.1 cm³/mol. The van der Waals surface area contributed by atoms with Gasteiger partial charge in [0.1, 0.15) is 11.9 Å². The van der Waals surface area contributed by atoms with Gasteiger partial charge in [0, 0.05) is 19.0 Å². The van der Waals surface area contributed by atoms with E-state index in [4.69, 9.17) is 4.74 Å². The Kier molecular flexibility index (Phi) is 2.96. The van der Waals surface area contributed by atoms with Crippen molar-refractivity contribution in [2.45, 2.75) is 31.4 Å². The van der Waals surface area contributed by atoms with E-state index in [9.17, 15) is 0 Å². The molecule has 2 aromatic rings. The number of hydrogen-bond donors (Lipinski definition) is 1. The Morgan fingerprint density at radius 3 is 2.70 bits per heavy atom. The number of aryl methyl sites for hydroxylation is 1. The lowest BCUT2D eigenvalue weighted by molar-refractivity contribution is 0.221. The minimum atomic E-state index is 0.278. The van der Waals surface area contributed by atoms with Crippen molar-refractivity contribution in [2.75, 3.05) is 6.54 Å². The molecule has 20 heavy (non-hydrogen) atoms. The van der Waals surface area contributed by atoms with Crippen LogP contribution in [0.25, 0.3) is 0 Å². The number of benzene rings is 2. The first-order chi connectivity index (χ1) is 9.90. The van der Waals surface area contributed by atoms with Gasteiger partial charge in [-0.15, -0.1) is 0 Å². The molecule has 2 heteroatoms. The first kappa shape index (κ1) is 12.0. The molecule has 2 unspecified atom stereocenters. The SMILES string of the molecule is c1ccc2c(c1)CC(CNC1CCc3ccccc31)O2. The van der Waals surface area contributed by atoms with Crippen LogP contribution in [0.4, 0.5) is 0 Å². The van der Waals surface area contributed by atoms with Crippen molar-refractivity contribution >= 4 is 0 Å². The van der Waals surface area contributed by atoms with E-state index in [0.717, 1.165) is 18.7 Å². The van der Waals surface area contributed by atoms with Crippen molar-refractivity contribution in [3.63, 3.8) is 0 Å². The number of ether oxygens (including phenoxy) is 1. The molecule has 0 spiro atoms. The summed E-state index contributed by atoms with van der Waals surface area (Å²) in [6, 6.07) is 17.6. The maximum Gasteiger partial charge on any atom is 0.123 e. The van der Waals surface area contributed by atoms with Crippen LogP contribution in [0.1, 0.15) is 29.2 Å². The van der Waals surface area contributed by atoms with Crippen molar-refractivity contribution in [2.24, 2.45) is 0 Å². The Balaban J connectivity index is 1.39. The summed E-state index contributed by atoms with van der Waals surface area (Å²) in [5.74, 6) is 1.06. The Labute approximate surface area is 119 Å². The lowest BCUT2D eigenvalue weighted by Crippen LogP contribution is -2.32. The maximum absolute atomic E-state index is 5.99. The molecule has 1 heterocycles. The number of fused-ring (bicyclic) bond motifs is 2. The first-order valence-corrected chi connectivity index (χ1v) is 7.46. The van der Waals surface area contributed by atoms with Gasteiger partial charge >= 0.3 is 0 Å². The number of rotatable bonds is 3. The summed E-state index contributed by atoms with van der Waals surface area (Å²) >= 11 is 0. The second kappa shape index (κ2) is 4.95. The highest BCUT2D eigenvalue weighted by atomic mass is 16.5. The Morgan fingerprint density at radius 1 is 1.00 bits per heavy atom. The van der Waals surface area contributed by atoms with Crippen molar-refractivity contribution in [3.05, 3.63) is 65.2 Å². The monoisotopic (exact) mass is 265 g/mol. The molecule has 2 aliphatic rings. The van der Waals surface area contributed by atoms with E-state index in [1.165, 1.54) is 29.5 Å². The van der Waals surface area contributed by atoms with Gasteiger partial charge in [-0.3, -0.25) is 0 Å². The van der Waals surface area contributed by atoms with Crippen LogP contribution in [-0.2, 0) is 12.8 Å². The van der Waals surface area contributed by atoms with Gasteiger partial charge in [-0.25, -0.2) is 0 Å². The molecule has 0 aromatic heterocycles. The third-order valence-corrected chi connectivity index (χ3v) is 4.44. The summed E-state index contributed by atoms with van der Waals surface area (Å²) < 4.78 is 5.99. The van der Waals surface area contributed by atoms with Crippen molar-refractivity contribution in [1.29, 1.82) is 0 Å². The van der Waals surface area contributed by atoms with E-state index >= 15 is 0 Å². The van der Waals surface area contributed by atoms with Crippen LogP contribution in [0.15, 0.2) is 48.5 Å². The summed E-state index contributed by atoms with van der Waals surface area (Å²) in [5, 5.41) is 3.69. The Bertz CT molecular complexity index is 597. The Hall–Kier alpha value is -1.80. The van der Waals surface area contributed by atoms with Gasteiger partial charge in [0.15, 0.2) is 0 Å². The summed E-state index contributed by atoms with van der Waals surface area (Å²) in [5.41, 5.74) is 4.31. The standard InChI is InChI=1S/C18H19NO/c1-3-7-16-13(5-1)9-10-17(16)19-12-15-11-14-6-2-4-8-18(14)20-15/h1-8,15,17,19H,9-12H2. The van der Waals surface area contributed by atoms with E-state index in [0.29, 0.717) is 6.04 Å². The molecule has 2 aromatic carbocycles. The number of para-hydroxylation sites is 1. The topological polar surface area (TPSA) is 21.3 Å². The normalized spacial score (nSPS) is 23.2. The fourth-order valence-electron chi connectivity index (χ4n) is 3.41. The highest BCUT2D eigenvalue weighted by Crippen LogP contribution is 2.32. The Morgan fingerprint density at radius 2 is 1.80 bits per heavy atom. The van der Waals surface area contributed by atoms with Gasteiger partial charge in [-0.2, -0.15) is 0 Å². The molecule has 0 radical (unpaired) electrons. The van der Waals surface area contributed by atoms with Gasteiger partial charge in [0.05, 0.1) is 0 Å². The van der Waals surface area contributed by atoms with E-state index < -0.39 is 0 Å². The molecule has 0 saturated carbocycles. The summed E-state index contributed by atoms with van der Waals surface area (Å²) in [4.78, 5) is 0. The fraction of sp³-hybridized carbons (Fsp3) is 0.333. The smallest absolute Gasteiger partial charge is 0.123 e. The van der Waals surface area contributed by atoms with Crippen LogP contribution >= 0.6 is 0 Å². The van der Waals surface area contributed by atoms with E-state index in [1.54, 1.807) is 0 Å². The van der Waals surface area contributed by atoms with Crippen LogP contribution in [0.5, 0.6) is 5.75 Å². The number of nitrogens with one attached hydrogen (secondary N) is 1. The summed E-state index contributed by atoms with van der Waals surface area (Å²) in [6.45, 7) is 0.924. The van der Waals surface area contributed by atoms with Gasteiger partial charge in [0.25, 0.3) is 0 Å². The predicted octanol–water partition coefficient (Wildman–Crippen LogP) is 3.27. The third-order valence-electron chi connectivity index (χ3n) is 4.44. The second-order valence-corrected chi connectivity index (χ2v) is 5.75. The zero-order valence-electron chi connectivity index (χ0n) is 11.5. The molecular formula is C18H19NO. The quantitative estimate of drug-likeness (QED) is 0.919. The largest absolute Gasteiger partial charge is 0.488 e. The molecule has 2 nitrogen and oxygen atoms in total. The molecule has 0 fully saturated rings. The van der Waals surface area contributed by atoms with Crippen LogP contribution in [-0.4, -0.2) is 12.6 Å². The van der Waals surface area contributed by atoms with Crippen molar-refractivity contribution in [1.82, 2.24) is 5.32 Å².